The van der Waals surface area contributed by atoms with Crippen LogP contribution in [0.2, 0.25) is 0 Å². The number of pyridine rings is 1. The van der Waals surface area contributed by atoms with Gasteiger partial charge in [-0.25, -0.2) is 0 Å². The number of fused-ring (bicyclic) bond motifs is 1. The molecule has 2 unspecified atom stereocenters. The maximum absolute atomic E-state index is 6.01. The van der Waals surface area contributed by atoms with Gasteiger partial charge in [0.15, 0.2) is 0 Å². The van der Waals surface area contributed by atoms with Crippen LogP contribution in [0.1, 0.15) is 31.9 Å². The Hall–Kier alpha value is -1.45. The van der Waals surface area contributed by atoms with E-state index in [-0.39, 0.29) is 6.04 Å². The molecule has 0 bridgehead atoms. The SMILES string of the molecule is CCC(C)CN(C)C(CN)c1ccc2ncccc2c1. The topological polar surface area (TPSA) is 42.1 Å². The molecule has 0 amide bonds. The smallest absolute Gasteiger partial charge is 0.0702 e. The van der Waals surface area contributed by atoms with E-state index in [4.69, 9.17) is 5.73 Å². The van der Waals surface area contributed by atoms with Crippen molar-refractivity contribution in [1.82, 2.24) is 9.88 Å². The Kier molecular flexibility index (Phi) is 5.10. The summed E-state index contributed by atoms with van der Waals surface area (Å²) in [4.78, 5) is 6.74. The van der Waals surface area contributed by atoms with Gasteiger partial charge in [-0.05, 0) is 36.7 Å². The third-order valence-electron chi connectivity index (χ3n) is 4.06. The molecule has 3 heteroatoms. The Labute approximate surface area is 121 Å². The fourth-order valence-electron chi connectivity index (χ4n) is 2.62. The van der Waals surface area contributed by atoms with E-state index >= 15 is 0 Å². The second-order valence-electron chi connectivity index (χ2n) is 5.66. The second-order valence-corrected chi connectivity index (χ2v) is 5.66. The summed E-state index contributed by atoms with van der Waals surface area (Å²) in [7, 11) is 2.16. The van der Waals surface area contributed by atoms with Crippen LogP contribution in [-0.4, -0.2) is 30.0 Å². The first-order valence-corrected chi connectivity index (χ1v) is 7.40. The molecule has 0 fully saturated rings. The van der Waals surface area contributed by atoms with Crippen LogP contribution < -0.4 is 5.73 Å². The Morgan fingerprint density at radius 1 is 1.30 bits per heavy atom. The van der Waals surface area contributed by atoms with Gasteiger partial charge in [-0.3, -0.25) is 9.88 Å². The van der Waals surface area contributed by atoms with Crippen molar-refractivity contribution in [3.05, 3.63) is 42.1 Å². The van der Waals surface area contributed by atoms with E-state index in [9.17, 15) is 0 Å². The first-order chi connectivity index (χ1) is 9.65. The number of likely N-dealkylation sites (N-methyl/N-ethyl adjacent to an activating group) is 1. The quantitative estimate of drug-likeness (QED) is 0.877. The van der Waals surface area contributed by atoms with Gasteiger partial charge in [0.2, 0.25) is 0 Å². The predicted molar refractivity (Wildman–Crippen MR) is 85.6 cm³/mol. The predicted octanol–water partition coefficient (Wildman–Crippen LogP) is 3.21. The zero-order chi connectivity index (χ0) is 14.5. The summed E-state index contributed by atoms with van der Waals surface area (Å²) in [6, 6.07) is 10.8. The summed E-state index contributed by atoms with van der Waals surface area (Å²) in [6.07, 6.45) is 3.03. The second kappa shape index (κ2) is 6.82. The zero-order valence-corrected chi connectivity index (χ0v) is 12.7. The molecule has 0 saturated heterocycles. The molecule has 3 nitrogen and oxygen atoms in total. The molecule has 0 saturated carbocycles. The van der Waals surface area contributed by atoms with Gasteiger partial charge >= 0.3 is 0 Å². The van der Waals surface area contributed by atoms with E-state index in [1.165, 1.54) is 17.4 Å². The zero-order valence-electron chi connectivity index (χ0n) is 12.7. The molecule has 0 spiro atoms. The summed E-state index contributed by atoms with van der Waals surface area (Å²) in [5.74, 6) is 0.691. The third kappa shape index (κ3) is 3.35. The molecular weight excluding hydrogens is 246 g/mol. The van der Waals surface area contributed by atoms with Gasteiger partial charge in [0.1, 0.15) is 0 Å². The number of nitrogens with two attached hydrogens (primary N) is 1. The lowest BCUT2D eigenvalue weighted by molar-refractivity contribution is 0.215. The molecule has 1 heterocycles. The minimum absolute atomic E-state index is 0.272. The van der Waals surface area contributed by atoms with Crippen LogP contribution in [0.5, 0.6) is 0 Å². The van der Waals surface area contributed by atoms with Crippen molar-refractivity contribution in [3.8, 4) is 0 Å². The molecule has 1 aromatic carbocycles. The first-order valence-electron chi connectivity index (χ1n) is 7.40. The van der Waals surface area contributed by atoms with E-state index < -0.39 is 0 Å². The number of hydrogen-bond acceptors (Lipinski definition) is 3. The normalized spacial score (nSPS) is 14.7. The Morgan fingerprint density at radius 3 is 2.80 bits per heavy atom. The highest BCUT2D eigenvalue weighted by molar-refractivity contribution is 5.79. The van der Waals surface area contributed by atoms with Crippen LogP contribution in [0.15, 0.2) is 36.5 Å². The summed E-state index contributed by atoms with van der Waals surface area (Å²) in [5.41, 5.74) is 8.32. The van der Waals surface area contributed by atoms with Crippen LogP contribution >= 0.6 is 0 Å². The van der Waals surface area contributed by atoms with E-state index in [1.807, 2.05) is 12.3 Å². The lowest BCUT2D eigenvalue weighted by Crippen LogP contribution is -2.33. The van der Waals surface area contributed by atoms with Gasteiger partial charge in [-0.1, -0.05) is 32.4 Å². The van der Waals surface area contributed by atoms with Crippen LogP contribution in [0, 0.1) is 5.92 Å². The molecule has 2 rings (SSSR count). The third-order valence-corrected chi connectivity index (χ3v) is 4.06. The Morgan fingerprint density at radius 2 is 2.10 bits per heavy atom. The van der Waals surface area contributed by atoms with Crippen molar-refractivity contribution in [2.75, 3.05) is 20.1 Å². The average Bonchev–Trinajstić information content (AvgIpc) is 2.47. The molecule has 0 aliphatic heterocycles. The minimum Gasteiger partial charge on any atom is -0.329 e. The number of hydrogen-bond donors (Lipinski definition) is 1. The van der Waals surface area contributed by atoms with Crippen LogP contribution in [-0.2, 0) is 0 Å². The van der Waals surface area contributed by atoms with E-state index in [0.29, 0.717) is 12.5 Å². The van der Waals surface area contributed by atoms with Crippen molar-refractivity contribution >= 4 is 10.9 Å². The van der Waals surface area contributed by atoms with Crippen LogP contribution in [0.3, 0.4) is 0 Å². The van der Waals surface area contributed by atoms with Crippen molar-refractivity contribution in [2.45, 2.75) is 26.3 Å². The minimum atomic E-state index is 0.272. The average molecular weight is 271 g/mol. The molecule has 0 aliphatic rings. The Bertz CT molecular complexity index is 553. The molecule has 1 aromatic heterocycles. The Balaban J connectivity index is 2.24. The number of aromatic nitrogens is 1. The van der Waals surface area contributed by atoms with E-state index in [1.54, 1.807) is 0 Å². The highest BCUT2D eigenvalue weighted by Crippen LogP contribution is 2.23. The summed E-state index contributed by atoms with van der Waals surface area (Å²) >= 11 is 0. The molecule has 0 radical (unpaired) electrons. The van der Waals surface area contributed by atoms with Gasteiger partial charge < -0.3 is 5.73 Å². The standard InChI is InChI=1S/C17H25N3/c1-4-13(2)12-20(3)17(11-18)15-7-8-16-14(10-15)6-5-9-19-16/h5-10,13,17H,4,11-12,18H2,1-3H3. The monoisotopic (exact) mass is 271 g/mol. The summed E-state index contributed by atoms with van der Waals surface area (Å²) in [6.45, 7) is 6.23. The first kappa shape index (κ1) is 14.9. The van der Waals surface area contributed by atoms with Crippen molar-refractivity contribution in [3.63, 3.8) is 0 Å². The van der Waals surface area contributed by atoms with E-state index in [2.05, 4.69) is 55.0 Å². The highest BCUT2D eigenvalue weighted by atomic mass is 15.1. The maximum Gasteiger partial charge on any atom is 0.0702 e. The summed E-state index contributed by atoms with van der Waals surface area (Å²) < 4.78 is 0. The summed E-state index contributed by atoms with van der Waals surface area (Å²) in [5, 5.41) is 1.18. The fourth-order valence-corrected chi connectivity index (χ4v) is 2.62. The lowest BCUT2D eigenvalue weighted by Gasteiger charge is -2.29. The van der Waals surface area contributed by atoms with Gasteiger partial charge in [-0.2, -0.15) is 0 Å². The van der Waals surface area contributed by atoms with Gasteiger partial charge in [0, 0.05) is 30.7 Å². The van der Waals surface area contributed by atoms with Crippen molar-refractivity contribution in [1.29, 1.82) is 0 Å². The number of benzene rings is 1. The van der Waals surface area contributed by atoms with Gasteiger partial charge in [-0.15, -0.1) is 0 Å². The number of rotatable bonds is 6. The molecule has 2 N–H and O–H groups in total. The highest BCUT2D eigenvalue weighted by Gasteiger charge is 2.17. The van der Waals surface area contributed by atoms with Crippen LogP contribution in [0.4, 0.5) is 0 Å². The molecule has 0 aliphatic carbocycles. The molecule has 2 atom stereocenters. The van der Waals surface area contributed by atoms with Crippen molar-refractivity contribution < 1.29 is 0 Å². The molecular formula is C17H25N3. The molecule has 108 valence electrons. The van der Waals surface area contributed by atoms with E-state index in [0.717, 1.165) is 12.1 Å². The van der Waals surface area contributed by atoms with Gasteiger partial charge in [0.05, 0.1) is 5.52 Å². The number of nitrogens with zero attached hydrogens (tertiary/aromatic N) is 2. The molecule has 20 heavy (non-hydrogen) atoms. The largest absolute Gasteiger partial charge is 0.329 e. The maximum atomic E-state index is 6.01. The van der Waals surface area contributed by atoms with Crippen molar-refractivity contribution in [2.24, 2.45) is 11.7 Å². The molecule has 2 aromatic rings. The van der Waals surface area contributed by atoms with Crippen LogP contribution in [0.25, 0.3) is 10.9 Å². The lowest BCUT2D eigenvalue weighted by atomic mass is 10.0. The fraction of sp³-hybridized carbons (Fsp3) is 0.471. The van der Waals surface area contributed by atoms with Gasteiger partial charge in [0.25, 0.3) is 0 Å².